The van der Waals surface area contributed by atoms with Crippen LogP contribution in [0.1, 0.15) is 26.2 Å². The van der Waals surface area contributed by atoms with Gasteiger partial charge in [0.1, 0.15) is 0 Å². The van der Waals surface area contributed by atoms with Crippen LogP contribution in [0.25, 0.3) is 0 Å². The summed E-state index contributed by atoms with van der Waals surface area (Å²) in [5.41, 5.74) is 6.40. The van der Waals surface area contributed by atoms with Crippen LogP contribution >= 0.6 is 12.4 Å². The molecule has 1 aromatic carbocycles. The molecule has 1 heterocycles. The fourth-order valence-electron chi connectivity index (χ4n) is 2.22. The first-order valence-corrected chi connectivity index (χ1v) is 8.53. The molecular weight excluding hydrogens is 326 g/mol. The van der Waals surface area contributed by atoms with E-state index >= 15 is 0 Å². The molecule has 0 spiro atoms. The Morgan fingerprint density at radius 2 is 1.82 bits per heavy atom. The van der Waals surface area contributed by atoms with E-state index in [4.69, 9.17) is 5.73 Å². The molecule has 0 atom stereocenters. The molecular formula is C14H22ClN3O3S. The first-order chi connectivity index (χ1) is 9.93. The van der Waals surface area contributed by atoms with Crippen molar-refractivity contribution in [2.75, 3.05) is 18.4 Å². The Morgan fingerprint density at radius 3 is 2.32 bits per heavy atom. The molecule has 1 aliphatic rings. The molecule has 1 fully saturated rings. The van der Waals surface area contributed by atoms with Gasteiger partial charge in [-0.3, -0.25) is 4.79 Å². The molecule has 0 radical (unpaired) electrons. The molecule has 0 unspecified atom stereocenters. The molecule has 1 aliphatic heterocycles. The fraction of sp³-hybridized carbons (Fsp3) is 0.500. The summed E-state index contributed by atoms with van der Waals surface area (Å²) >= 11 is 0. The highest BCUT2D eigenvalue weighted by atomic mass is 35.5. The van der Waals surface area contributed by atoms with Crippen LogP contribution in [0.3, 0.4) is 0 Å². The molecule has 22 heavy (non-hydrogen) atoms. The summed E-state index contributed by atoms with van der Waals surface area (Å²) in [6, 6.07) is 6.35. The molecule has 124 valence electrons. The maximum absolute atomic E-state index is 12.5. The van der Waals surface area contributed by atoms with Gasteiger partial charge >= 0.3 is 0 Å². The highest BCUT2D eigenvalue weighted by molar-refractivity contribution is 7.89. The van der Waals surface area contributed by atoms with Gasteiger partial charge in [0.25, 0.3) is 0 Å². The number of nitrogens with two attached hydrogens (primary N) is 1. The molecule has 0 bridgehead atoms. The average molecular weight is 348 g/mol. The number of hydrogen-bond donors (Lipinski definition) is 2. The maximum atomic E-state index is 12.5. The fourth-order valence-corrected chi connectivity index (χ4v) is 3.69. The third kappa shape index (κ3) is 4.42. The van der Waals surface area contributed by atoms with E-state index < -0.39 is 10.0 Å². The lowest BCUT2D eigenvalue weighted by Gasteiger charge is -2.29. The molecule has 3 N–H and O–H groups in total. The zero-order valence-corrected chi connectivity index (χ0v) is 14.1. The first kappa shape index (κ1) is 18.9. The van der Waals surface area contributed by atoms with Crippen LogP contribution in [0.15, 0.2) is 29.2 Å². The third-order valence-corrected chi connectivity index (χ3v) is 5.51. The lowest BCUT2D eigenvalue weighted by atomic mass is 10.1. The molecule has 0 saturated carbocycles. The second-order valence-corrected chi connectivity index (χ2v) is 7.11. The van der Waals surface area contributed by atoms with Crippen LogP contribution in [0, 0.1) is 0 Å². The van der Waals surface area contributed by atoms with Crippen molar-refractivity contribution in [2.45, 2.75) is 37.1 Å². The van der Waals surface area contributed by atoms with E-state index in [1.54, 1.807) is 19.1 Å². The van der Waals surface area contributed by atoms with Crippen LogP contribution < -0.4 is 11.1 Å². The van der Waals surface area contributed by atoms with Gasteiger partial charge in [-0.15, -0.1) is 12.4 Å². The number of sulfonamides is 1. The van der Waals surface area contributed by atoms with Crippen LogP contribution in [0.5, 0.6) is 0 Å². The van der Waals surface area contributed by atoms with Gasteiger partial charge in [0.2, 0.25) is 15.9 Å². The van der Waals surface area contributed by atoms with E-state index in [9.17, 15) is 13.2 Å². The molecule has 0 aromatic heterocycles. The number of rotatable bonds is 4. The summed E-state index contributed by atoms with van der Waals surface area (Å²) in [5, 5.41) is 2.69. The summed E-state index contributed by atoms with van der Waals surface area (Å²) < 4.78 is 26.4. The zero-order chi connectivity index (χ0) is 15.5. The Bertz CT molecular complexity index is 596. The Kier molecular flexibility index (Phi) is 6.80. The minimum atomic E-state index is -3.47. The molecule has 1 amide bonds. The van der Waals surface area contributed by atoms with Gasteiger partial charge < -0.3 is 11.1 Å². The SMILES string of the molecule is CCC(=O)Nc1ccc(S(=O)(=O)N2CCC(N)CC2)cc1.Cl. The van der Waals surface area contributed by atoms with Gasteiger partial charge in [-0.05, 0) is 37.1 Å². The number of carbonyl (C=O) groups excluding carboxylic acids is 1. The van der Waals surface area contributed by atoms with Gasteiger partial charge in [-0.1, -0.05) is 6.92 Å². The van der Waals surface area contributed by atoms with Crippen molar-refractivity contribution in [2.24, 2.45) is 5.73 Å². The van der Waals surface area contributed by atoms with E-state index in [1.807, 2.05) is 0 Å². The summed E-state index contributed by atoms with van der Waals surface area (Å²) in [5.74, 6) is -0.101. The van der Waals surface area contributed by atoms with E-state index in [-0.39, 0.29) is 29.3 Å². The predicted molar refractivity (Wildman–Crippen MR) is 88.6 cm³/mol. The van der Waals surface area contributed by atoms with Gasteiger partial charge in [-0.2, -0.15) is 4.31 Å². The minimum Gasteiger partial charge on any atom is -0.328 e. The van der Waals surface area contributed by atoms with Gasteiger partial charge in [0.15, 0.2) is 0 Å². The van der Waals surface area contributed by atoms with E-state index in [0.717, 1.165) is 0 Å². The Hall–Kier alpha value is -1.15. The number of benzene rings is 1. The molecule has 0 aliphatic carbocycles. The van der Waals surface area contributed by atoms with Crippen LogP contribution in [-0.2, 0) is 14.8 Å². The smallest absolute Gasteiger partial charge is 0.243 e. The van der Waals surface area contributed by atoms with Crippen molar-refractivity contribution in [3.8, 4) is 0 Å². The van der Waals surface area contributed by atoms with Crippen molar-refractivity contribution in [3.63, 3.8) is 0 Å². The summed E-state index contributed by atoms with van der Waals surface area (Å²) in [4.78, 5) is 11.5. The Morgan fingerprint density at radius 1 is 1.27 bits per heavy atom. The summed E-state index contributed by atoms with van der Waals surface area (Å²) in [7, 11) is -3.47. The maximum Gasteiger partial charge on any atom is 0.243 e. The summed E-state index contributed by atoms with van der Waals surface area (Å²) in [6.07, 6.45) is 1.75. The number of piperidine rings is 1. The van der Waals surface area contributed by atoms with Crippen molar-refractivity contribution in [1.82, 2.24) is 4.31 Å². The molecule has 6 nitrogen and oxygen atoms in total. The minimum absolute atomic E-state index is 0. The van der Waals surface area contributed by atoms with Crippen LogP contribution in [0.2, 0.25) is 0 Å². The van der Waals surface area contributed by atoms with Crippen molar-refractivity contribution in [1.29, 1.82) is 0 Å². The number of carbonyl (C=O) groups is 1. The third-order valence-electron chi connectivity index (χ3n) is 3.60. The highest BCUT2D eigenvalue weighted by Crippen LogP contribution is 2.21. The lowest BCUT2D eigenvalue weighted by Crippen LogP contribution is -2.42. The topological polar surface area (TPSA) is 92.5 Å². The number of hydrogen-bond acceptors (Lipinski definition) is 4. The summed E-state index contributed by atoms with van der Waals surface area (Å²) in [6.45, 7) is 2.67. The molecule has 1 saturated heterocycles. The average Bonchev–Trinajstić information content (AvgIpc) is 2.48. The number of anilines is 1. The zero-order valence-electron chi connectivity index (χ0n) is 12.5. The first-order valence-electron chi connectivity index (χ1n) is 7.09. The number of nitrogens with one attached hydrogen (secondary N) is 1. The quantitative estimate of drug-likeness (QED) is 0.864. The van der Waals surface area contributed by atoms with Crippen molar-refractivity contribution in [3.05, 3.63) is 24.3 Å². The Labute approximate surface area is 137 Å². The normalized spacial score (nSPS) is 16.8. The van der Waals surface area contributed by atoms with Crippen molar-refractivity contribution >= 4 is 34.0 Å². The lowest BCUT2D eigenvalue weighted by molar-refractivity contribution is -0.115. The predicted octanol–water partition coefficient (Wildman–Crippen LogP) is 1.57. The second kappa shape index (κ2) is 7.92. The largest absolute Gasteiger partial charge is 0.328 e. The standard InChI is InChI=1S/C14H21N3O3S.ClH/c1-2-14(18)16-12-3-5-13(6-4-12)21(19,20)17-9-7-11(15)8-10-17;/h3-6,11H,2,7-10,15H2,1H3,(H,16,18);1H. The van der Waals surface area contributed by atoms with E-state index in [2.05, 4.69) is 5.32 Å². The number of halogens is 1. The molecule has 1 aromatic rings. The van der Waals surface area contributed by atoms with Gasteiger partial charge in [0, 0.05) is 31.2 Å². The number of amides is 1. The second-order valence-electron chi connectivity index (χ2n) is 5.17. The van der Waals surface area contributed by atoms with E-state index in [0.29, 0.717) is 38.0 Å². The van der Waals surface area contributed by atoms with Crippen molar-refractivity contribution < 1.29 is 13.2 Å². The monoisotopic (exact) mass is 347 g/mol. The van der Waals surface area contributed by atoms with Gasteiger partial charge in [-0.25, -0.2) is 8.42 Å². The molecule has 8 heteroatoms. The highest BCUT2D eigenvalue weighted by Gasteiger charge is 2.28. The van der Waals surface area contributed by atoms with Gasteiger partial charge in [0.05, 0.1) is 4.90 Å². The number of nitrogens with zero attached hydrogens (tertiary/aromatic N) is 1. The molecule has 2 rings (SSSR count). The van der Waals surface area contributed by atoms with Crippen LogP contribution in [0.4, 0.5) is 5.69 Å². The van der Waals surface area contributed by atoms with Crippen LogP contribution in [-0.4, -0.2) is 37.8 Å². The van der Waals surface area contributed by atoms with E-state index in [1.165, 1.54) is 16.4 Å². The Balaban J connectivity index is 0.00000242.